The van der Waals surface area contributed by atoms with Crippen LogP contribution in [-0.2, 0) is 25.9 Å². The molecule has 1 aromatic carbocycles. The van der Waals surface area contributed by atoms with Crippen LogP contribution < -0.4 is 10.9 Å². The first-order valence-corrected chi connectivity index (χ1v) is 16.6. The highest BCUT2D eigenvalue weighted by Gasteiger charge is 2.43. The number of rotatable bonds is 7. The molecule has 11 nitrogen and oxygen atoms in total. The van der Waals surface area contributed by atoms with Crippen LogP contribution in [0.4, 0.5) is 19.4 Å². The molecule has 0 saturated carbocycles. The van der Waals surface area contributed by atoms with E-state index in [0.717, 1.165) is 0 Å². The van der Waals surface area contributed by atoms with Gasteiger partial charge in [0.15, 0.2) is 0 Å². The maximum absolute atomic E-state index is 15.4. The van der Waals surface area contributed by atoms with Gasteiger partial charge in [-0.3, -0.25) is 4.79 Å². The van der Waals surface area contributed by atoms with Gasteiger partial charge in [0.1, 0.15) is 33.2 Å². The number of nitrogens with zero attached hydrogens (tertiary/aromatic N) is 4. The number of H-pyrrole nitrogens is 1. The van der Waals surface area contributed by atoms with Gasteiger partial charge in [-0.05, 0) is 58.2 Å². The number of amides is 1. The average Bonchev–Trinajstić information content (AvgIpc) is 2.94. The predicted octanol–water partition coefficient (Wildman–Crippen LogP) is 4.81. The summed E-state index contributed by atoms with van der Waals surface area (Å²) in [6.07, 6.45) is 0.324. The van der Waals surface area contributed by atoms with E-state index in [1.807, 2.05) is 0 Å². The van der Waals surface area contributed by atoms with Gasteiger partial charge in [-0.1, -0.05) is 18.2 Å². The molecule has 45 heavy (non-hydrogen) atoms. The number of sulfone groups is 1. The number of aromatic amines is 1. The summed E-state index contributed by atoms with van der Waals surface area (Å²) in [5, 5.41) is 13.7. The highest BCUT2D eigenvalue weighted by Crippen LogP contribution is 2.39. The van der Waals surface area contributed by atoms with Crippen LogP contribution in [0, 0.1) is 17.2 Å². The number of aromatic nitrogens is 3. The molecule has 0 radical (unpaired) electrons. The van der Waals surface area contributed by atoms with Crippen LogP contribution in [0.2, 0.25) is 0 Å². The number of carbonyl (C=O) groups is 1. The number of likely N-dealkylation sites (tertiary alicyclic amines) is 1. The number of carbonyl (C=O) groups excluding carboxylic acids is 1. The second-order valence-corrected chi connectivity index (χ2v) is 15.3. The molecule has 0 spiro atoms. The maximum Gasteiger partial charge on any atom is 0.410 e. The molecule has 2 aromatic heterocycles. The molecular formula is C31H36F2N6O5S. The number of benzene rings is 1. The Morgan fingerprint density at radius 3 is 2.56 bits per heavy atom. The van der Waals surface area contributed by atoms with Crippen molar-refractivity contribution in [3.05, 3.63) is 63.7 Å². The fourth-order valence-electron chi connectivity index (χ4n) is 5.79. The summed E-state index contributed by atoms with van der Waals surface area (Å²) >= 11 is 0. The number of nitrogens with one attached hydrogen (secondary N) is 2. The third-order valence-corrected chi connectivity index (χ3v) is 10.0. The summed E-state index contributed by atoms with van der Waals surface area (Å²) in [7, 11) is -3.29. The maximum atomic E-state index is 15.4. The first kappa shape index (κ1) is 32.3. The fourth-order valence-corrected chi connectivity index (χ4v) is 7.32. The third-order valence-electron chi connectivity index (χ3n) is 8.37. The van der Waals surface area contributed by atoms with E-state index in [4.69, 9.17) is 4.74 Å². The van der Waals surface area contributed by atoms with E-state index >= 15 is 8.78 Å². The minimum absolute atomic E-state index is 0.00578. The van der Waals surface area contributed by atoms with Crippen molar-refractivity contribution in [3.63, 3.8) is 0 Å². The summed E-state index contributed by atoms with van der Waals surface area (Å²) in [6.45, 7) is 7.45. The molecule has 2 aliphatic rings. The van der Waals surface area contributed by atoms with E-state index in [9.17, 15) is 23.3 Å². The van der Waals surface area contributed by atoms with Gasteiger partial charge in [0.2, 0.25) is 0 Å². The van der Waals surface area contributed by atoms with Gasteiger partial charge in [0.05, 0.1) is 28.4 Å². The molecule has 0 aliphatic carbocycles. The summed E-state index contributed by atoms with van der Waals surface area (Å²) < 4.78 is 60.2. The summed E-state index contributed by atoms with van der Waals surface area (Å²) in [5.41, 5.74) is -1.70. The zero-order chi connectivity index (χ0) is 32.8. The van der Waals surface area contributed by atoms with Crippen molar-refractivity contribution < 1.29 is 26.7 Å². The van der Waals surface area contributed by atoms with Crippen LogP contribution >= 0.6 is 0 Å². The Hall–Kier alpha value is -4.12. The Kier molecular flexibility index (Phi) is 8.37. The summed E-state index contributed by atoms with van der Waals surface area (Å²) in [6, 6.07) is 9.30. The molecule has 2 fully saturated rings. The monoisotopic (exact) mass is 642 g/mol. The Bertz CT molecular complexity index is 1810. The number of ether oxygens (including phenoxy) is 1. The third kappa shape index (κ3) is 6.93. The average molecular weight is 643 g/mol. The van der Waals surface area contributed by atoms with Gasteiger partial charge in [0, 0.05) is 42.6 Å². The number of anilines is 1. The zero-order valence-corrected chi connectivity index (χ0v) is 26.4. The fraction of sp³-hybridized carbons (Fsp3) is 0.516. The lowest BCUT2D eigenvalue weighted by Gasteiger charge is -2.41. The van der Waals surface area contributed by atoms with E-state index < -0.39 is 50.9 Å². The second kappa shape index (κ2) is 11.7. The lowest BCUT2D eigenvalue weighted by molar-refractivity contribution is -0.0612. The first-order chi connectivity index (χ1) is 21.0. The molecule has 14 heteroatoms. The van der Waals surface area contributed by atoms with Crippen molar-refractivity contribution in [2.45, 2.75) is 69.9 Å². The van der Waals surface area contributed by atoms with Gasteiger partial charge in [-0.15, -0.1) is 0 Å². The lowest BCUT2D eigenvalue weighted by atomic mass is 9.77. The topological polar surface area (TPSA) is 158 Å². The second-order valence-electron chi connectivity index (χ2n) is 13.0. The minimum atomic E-state index is -3.29. The SMILES string of the molecule is C[C@@H](Nc1ncnc2[nH]c(=O)c(C3(C#N)CCS(=O)(=O)CC3)cc12)c1cccc(C(F)(F)CC2CN(C(=O)OC(C)(C)C)C2)c1. The van der Waals surface area contributed by atoms with Crippen LogP contribution in [0.5, 0.6) is 0 Å². The number of hydrogen-bond donors (Lipinski definition) is 2. The first-order valence-electron chi connectivity index (χ1n) is 14.7. The number of nitriles is 1. The van der Waals surface area contributed by atoms with Crippen LogP contribution in [0.3, 0.4) is 0 Å². The van der Waals surface area contributed by atoms with E-state index in [1.54, 1.807) is 39.8 Å². The highest BCUT2D eigenvalue weighted by atomic mass is 32.2. The molecular weight excluding hydrogens is 606 g/mol. The minimum Gasteiger partial charge on any atom is -0.444 e. The largest absolute Gasteiger partial charge is 0.444 e. The Morgan fingerprint density at radius 1 is 1.22 bits per heavy atom. The highest BCUT2D eigenvalue weighted by molar-refractivity contribution is 7.91. The Morgan fingerprint density at radius 2 is 1.91 bits per heavy atom. The van der Waals surface area contributed by atoms with Crippen LogP contribution in [-0.4, -0.2) is 64.6 Å². The van der Waals surface area contributed by atoms with Crippen LogP contribution in [0.15, 0.2) is 41.5 Å². The smallest absolute Gasteiger partial charge is 0.410 e. The van der Waals surface area contributed by atoms with E-state index in [2.05, 4.69) is 26.3 Å². The molecule has 0 bridgehead atoms. The molecule has 2 saturated heterocycles. The zero-order valence-electron chi connectivity index (χ0n) is 25.6. The number of fused-ring (bicyclic) bond motifs is 1. The molecule has 0 unspecified atom stereocenters. The van der Waals surface area contributed by atoms with E-state index in [1.165, 1.54) is 29.4 Å². The van der Waals surface area contributed by atoms with Crippen LogP contribution in [0.25, 0.3) is 11.0 Å². The standard InChI is InChI=1S/C31H36F2N6O5S/c1-19(21-6-5-7-22(12-21)31(32,33)14-20-15-39(16-20)28(41)44-29(2,3)4)37-25-23-13-24(27(40)38-26(23)36-18-35-25)30(17-34)8-10-45(42,43)11-9-30/h5-7,12-13,18-20H,8-11,14-16H2,1-4H3,(H2,35,36,37,38,40)/t19-/m1/s1. The van der Waals surface area contributed by atoms with Gasteiger partial charge >= 0.3 is 6.09 Å². The Balaban J connectivity index is 1.33. The lowest BCUT2D eigenvalue weighted by Crippen LogP contribution is -2.52. The van der Waals surface area contributed by atoms with Crippen molar-refractivity contribution in [3.8, 4) is 6.07 Å². The molecule has 1 amide bonds. The van der Waals surface area contributed by atoms with Gasteiger partial charge in [0.25, 0.3) is 11.5 Å². The number of pyridine rings is 1. The molecule has 240 valence electrons. The van der Waals surface area contributed by atoms with Crippen molar-refractivity contribution in [2.24, 2.45) is 5.92 Å². The molecule has 2 N–H and O–H groups in total. The van der Waals surface area contributed by atoms with E-state index in [0.29, 0.717) is 16.8 Å². The van der Waals surface area contributed by atoms with Crippen molar-refractivity contribution in [2.75, 3.05) is 29.9 Å². The van der Waals surface area contributed by atoms with Gasteiger partial charge in [-0.25, -0.2) is 32.0 Å². The quantitative estimate of drug-likeness (QED) is 0.369. The molecule has 4 heterocycles. The van der Waals surface area contributed by atoms with E-state index in [-0.39, 0.29) is 60.1 Å². The van der Waals surface area contributed by atoms with Crippen molar-refractivity contribution in [1.82, 2.24) is 19.9 Å². The number of halogens is 2. The van der Waals surface area contributed by atoms with Crippen molar-refractivity contribution in [1.29, 1.82) is 5.26 Å². The van der Waals surface area contributed by atoms with Gasteiger partial charge in [-0.2, -0.15) is 5.26 Å². The number of hydrogen-bond acceptors (Lipinski definition) is 9. The molecule has 3 aromatic rings. The van der Waals surface area contributed by atoms with Gasteiger partial charge < -0.3 is 19.9 Å². The predicted molar refractivity (Wildman–Crippen MR) is 164 cm³/mol. The van der Waals surface area contributed by atoms with Crippen molar-refractivity contribution >= 4 is 32.8 Å². The summed E-state index contributed by atoms with van der Waals surface area (Å²) in [4.78, 5) is 37.8. The normalized spacial score (nSPS) is 18.9. The summed E-state index contributed by atoms with van der Waals surface area (Å²) in [5.74, 6) is -3.58. The number of alkyl halides is 2. The Labute approximate surface area is 259 Å². The molecule has 1 atom stereocenters. The van der Waals surface area contributed by atoms with Crippen LogP contribution in [0.1, 0.15) is 69.7 Å². The molecule has 5 rings (SSSR count). The molecule has 2 aliphatic heterocycles.